The maximum atomic E-state index is 14.6. The maximum Gasteiger partial charge on any atom is 0.283 e. The Balaban J connectivity index is 1.99. The smallest absolute Gasteiger partial charge is 0.283 e. The van der Waals surface area contributed by atoms with Gasteiger partial charge in [-0.15, -0.1) is 0 Å². The highest BCUT2D eigenvalue weighted by atomic mass is 19.2. The van der Waals surface area contributed by atoms with Gasteiger partial charge in [0.1, 0.15) is 0 Å². The highest BCUT2D eigenvalue weighted by molar-refractivity contribution is 6.03. The van der Waals surface area contributed by atoms with Crippen molar-refractivity contribution in [2.24, 2.45) is 0 Å². The number of hydrogen-bond acceptors (Lipinski definition) is 3. The molecule has 1 amide bonds. The first-order valence-corrected chi connectivity index (χ1v) is 7.33. The van der Waals surface area contributed by atoms with Crippen LogP contribution in [0, 0.1) is 5.82 Å². The van der Waals surface area contributed by atoms with Crippen LogP contribution in [0.2, 0.25) is 0 Å². The van der Waals surface area contributed by atoms with E-state index in [2.05, 4.69) is 4.98 Å². The molecule has 6 heteroatoms. The molecule has 3 aromatic rings. The van der Waals surface area contributed by atoms with E-state index in [9.17, 15) is 13.7 Å². The average molecular weight is 326 g/mol. The lowest BCUT2D eigenvalue weighted by Gasteiger charge is -2.10. The molecule has 0 saturated heterocycles. The summed E-state index contributed by atoms with van der Waals surface area (Å²) in [6, 6.07) is 11.7. The summed E-state index contributed by atoms with van der Waals surface area (Å²) in [6.45, 7) is -0.195. The number of carbonyl (C=O) groups is 1. The molecule has 4 rings (SSSR count). The van der Waals surface area contributed by atoms with Crippen LogP contribution in [0.3, 0.4) is 0 Å². The number of rotatable bonds is 2. The van der Waals surface area contributed by atoms with Gasteiger partial charge in [0.25, 0.3) is 5.91 Å². The van der Waals surface area contributed by atoms with Gasteiger partial charge in [0.15, 0.2) is 11.6 Å². The Kier molecular flexibility index (Phi) is 3.19. The van der Waals surface area contributed by atoms with Gasteiger partial charge in [-0.25, -0.2) is 9.37 Å². The lowest BCUT2D eigenvalue weighted by atomic mass is 10.00. The SMILES string of the molecule is COc1cccc(-c2cccc3cc4c(nc23)CN(F)C4=O)c1F. The van der Waals surface area contributed by atoms with Gasteiger partial charge >= 0.3 is 0 Å². The summed E-state index contributed by atoms with van der Waals surface area (Å²) in [5.41, 5.74) is 2.02. The second kappa shape index (κ2) is 5.26. The van der Waals surface area contributed by atoms with Gasteiger partial charge in [0.05, 0.1) is 30.4 Å². The van der Waals surface area contributed by atoms with E-state index in [0.717, 1.165) is 0 Å². The van der Waals surface area contributed by atoms with Gasteiger partial charge < -0.3 is 4.74 Å². The Morgan fingerprint density at radius 1 is 1.12 bits per heavy atom. The number of para-hydroxylation sites is 1. The van der Waals surface area contributed by atoms with Crippen LogP contribution in [0.25, 0.3) is 22.0 Å². The summed E-state index contributed by atoms with van der Waals surface area (Å²) in [7, 11) is 1.40. The molecule has 0 atom stereocenters. The molecule has 2 aromatic carbocycles. The molecule has 2 heterocycles. The third kappa shape index (κ3) is 2.03. The van der Waals surface area contributed by atoms with E-state index in [1.807, 2.05) is 0 Å². The van der Waals surface area contributed by atoms with Crippen molar-refractivity contribution in [3.05, 3.63) is 59.5 Å². The largest absolute Gasteiger partial charge is 0.494 e. The fourth-order valence-electron chi connectivity index (χ4n) is 2.97. The number of fused-ring (bicyclic) bond motifs is 2. The average Bonchev–Trinajstić information content (AvgIpc) is 2.87. The highest BCUT2D eigenvalue weighted by Crippen LogP contribution is 2.35. The zero-order valence-corrected chi connectivity index (χ0v) is 12.7. The number of halogens is 2. The Morgan fingerprint density at radius 3 is 2.67 bits per heavy atom. The predicted octanol–water partition coefficient (Wildman–Crippen LogP) is 3.89. The summed E-state index contributed by atoms with van der Waals surface area (Å²) in [4.78, 5) is 16.2. The van der Waals surface area contributed by atoms with Crippen molar-refractivity contribution < 1.29 is 18.4 Å². The Labute approximate surface area is 136 Å². The fraction of sp³-hybridized carbons (Fsp3) is 0.111. The first-order chi connectivity index (χ1) is 11.6. The number of carbonyl (C=O) groups excluding carboxylic acids is 1. The highest BCUT2D eigenvalue weighted by Gasteiger charge is 2.30. The monoisotopic (exact) mass is 326 g/mol. The van der Waals surface area contributed by atoms with E-state index in [4.69, 9.17) is 4.74 Å². The standard InChI is InChI=1S/C18H12F2N2O2/c1-24-15-7-3-5-11(16(15)19)12-6-2-4-10-8-13-14(21-17(10)12)9-22(20)18(13)23/h2-8H,9H2,1H3. The number of hydrogen-bond donors (Lipinski definition) is 0. The lowest BCUT2D eigenvalue weighted by Crippen LogP contribution is -2.12. The molecule has 0 aliphatic carbocycles. The molecule has 0 bridgehead atoms. The number of amides is 1. The molecule has 0 unspecified atom stereocenters. The quantitative estimate of drug-likeness (QED) is 0.671. The van der Waals surface area contributed by atoms with Crippen molar-refractivity contribution in [1.82, 2.24) is 10.1 Å². The third-order valence-corrected chi connectivity index (χ3v) is 4.14. The Bertz CT molecular complexity index is 988. The lowest BCUT2D eigenvalue weighted by molar-refractivity contribution is 0.0217. The summed E-state index contributed by atoms with van der Waals surface area (Å²) in [5.74, 6) is -1.05. The van der Waals surface area contributed by atoms with E-state index in [1.165, 1.54) is 13.2 Å². The molecular formula is C18H12F2N2O2. The minimum atomic E-state index is -0.697. The van der Waals surface area contributed by atoms with E-state index < -0.39 is 11.7 Å². The minimum Gasteiger partial charge on any atom is -0.494 e. The van der Waals surface area contributed by atoms with Gasteiger partial charge in [0, 0.05) is 16.5 Å². The van der Waals surface area contributed by atoms with Crippen LogP contribution in [0.15, 0.2) is 42.5 Å². The Hall–Kier alpha value is -3.02. The van der Waals surface area contributed by atoms with Crippen LogP contribution in [-0.2, 0) is 6.54 Å². The molecule has 0 spiro atoms. The molecule has 1 aliphatic rings. The van der Waals surface area contributed by atoms with Gasteiger partial charge in [-0.3, -0.25) is 4.79 Å². The summed E-state index contributed by atoms with van der Waals surface area (Å²) < 4.78 is 33.1. The van der Waals surface area contributed by atoms with Crippen LogP contribution in [0.5, 0.6) is 5.75 Å². The molecule has 120 valence electrons. The second-order valence-electron chi connectivity index (χ2n) is 5.51. The molecule has 1 aliphatic heterocycles. The van der Waals surface area contributed by atoms with Gasteiger partial charge in [0.2, 0.25) is 0 Å². The summed E-state index contributed by atoms with van der Waals surface area (Å²) >= 11 is 0. The van der Waals surface area contributed by atoms with Crippen molar-refractivity contribution in [3.63, 3.8) is 0 Å². The number of methoxy groups -OCH3 is 1. The minimum absolute atomic E-state index is 0.127. The fourth-order valence-corrected chi connectivity index (χ4v) is 2.97. The first kappa shape index (κ1) is 14.6. The number of pyridine rings is 1. The van der Waals surface area contributed by atoms with E-state index >= 15 is 0 Å². The van der Waals surface area contributed by atoms with E-state index in [1.54, 1.807) is 36.4 Å². The van der Waals surface area contributed by atoms with Crippen molar-refractivity contribution >= 4 is 16.8 Å². The number of nitrogens with zero attached hydrogens (tertiary/aromatic N) is 2. The first-order valence-electron chi connectivity index (χ1n) is 7.33. The van der Waals surface area contributed by atoms with Gasteiger partial charge in [-0.2, -0.15) is 5.12 Å². The normalized spacial score (nSPS) is 13.5. The van der Waals surface area contributed by atoms with Crippen LogP contribution in [0.4, 0.5) is 8.87 Å². The number of benzene rings is 2. The molecular weight excluding hydrogens is 314 g/mol. The molecule has 0 N–H and O–H groups in total. The molecule has 0 radical (unpaired) electrons. The van der Waals surface area contributed by atoms with Crippen molar-refractivity contribution in [2.45, 2.75) is 6.54 Å². The molecule has 0 fully saturated rings. The second-order valence-corrected chi connectivity index (χ2v) is 5.51. The predicted molar refractivity (Wildman–Crippen MR) is 84.7 cm³/mol. The topological polar surface area (TPSA) is 42.4 Å². The zero-order chi connectivity index (χ0) is 16.8. The third-order valence-electron chi connectivity index (χ3n) is 4.14. The zero-order valence-electron chi connectivity index (χ0n) is 12.7. The maximum absolute atomic E-state index is 14.6. The van der Waals surface area contributed by atoms with Crippen LogP contribution < -0.4 is 4.74 Å². The number of aromatic nitrogens is 1. The molecule has 4 nitrogen and oxygen atoms in total. The van der Waals surface area contributed by atoms with Crippen LogP contribution in [0.1, 0.15) is 16.1 Å². The van der Waals surface area contributed by atoms with Crippen LogP contribution in [-0.4, -0.2) is 23.1 Å². The van der Waals surface area contributed by atoms with Crippen LogP contribution >= 0.6 is 0 Å². The van der Waals surface area contributed by atoms with E-state index in [0.29, 0.717) is 27.7 Å². The van der Waals surface area contributed by atoms with Crippen molar-refractivity contribution in [1.29, 1.82) is 0 Å². The van der Waals surface area contributed by atoms with Crippen molar-refractivity contribution in [2.75, 3.05) is 7.11 Å². The summed E-state index contributed by atoms with van der Waals surface area (Å²) in [5, 5.41) is 0.777. The van der Waals surface area contributed by atoms with Crippen molar-refractivity contribution in [3.8, 4) is 16.9 Å². The Morgan fingerprint density at radius 2 is 1.88 bits per heavy atom. The molecule has 24 heavy (non-hydrogen) atoms. The molecule has 1 aromatic heterocycles. The van der Waals surface area contributed by atoms with Gasteiger partial charge in [-0.1, -0.05) is 34.8 Å². The summed E-state index contributed by atoms with van der Waals surface area (Å²) in [6.07, 6.45) is 0. The molecule has 0 saturated carbocycles. The number of ether oxygens (including phenoxy) is 1. The van der Waals surface area contributed by atoms with Gasteiger partial charge in [-0.05, 0) is 12.1 Å². The van der Waals surface area contributed by atoms with E-state index in [-0.39, 0.29) is 23.0 Å².